The van der Waals surface area contributed by atoms with Crippen molar-refractivity contribution in [3.05, 3.63) is 58.0 Å². The van der Waals surface area contributed by atoms with Crippen LogP contribution in [0.15, 0.2) is 30.6 Å². The van der Waals surface area contributed by atoms with E-state index in [9.17, 15) is 4.79 Å². The molecule has 0 saturated carbocycles. The van der Waals surface area contributed by atoms with Crippen molar-refractivity contribution in [2.24, 2.45) is 0 Å². The van der Waals surface area contributed by atoms with E-state index in [1.165, 1.54) is 11.9 Å². The van der Waals surface area contributed by atoms with Crippen LogP contribution >= 0.6 is 11.3 Å². The quantitative estimate of drug-likeness (QED) is 0.444. The Balaban J connectivity index is 1.24. The number of aryl methyl sites for hydroxylation is 2. The van der Waals surface area contributed by atoms with Crippen molar-refractivity contribution in [2.75, 3.05) is 12.3 Å². The number of hydrogen-bond acceptors (Lipinski definition) is 7. The maximum Gasteiger partial charge on any atom is 0.223 e. The van der Waals surface area contributed by atoms with Crippen molar-refractivity contribution in [1.82, 2.24) is 29.5 Å². The third-order valence-corrected chi connectivity index (χ3v) is 7.75. The van der Waals surface area contributed by atoms with Crippen LogP contribution in [0, 0.1) is 13.8 Å². The van der Waals surface area contributed by atoms with Gasteiger partial charge in [-0.1, -0.05) is 12.1 Å². The van der Waals surface area contributed by atoms with Gasteiger partial charge >= 0.3 is 0 Å². The van der Waals surface area contributed by atoms with Gasteiger partial charge in [0.25, 0.3) is 0 Å². The summed E-state index contributed by atoms with van der Waals surface area (Å²) in [6.45, 7) is 5.37. The van der Waals surface area contributed by atoms with Crippen LogP contribution < -0.4 is 5.73 Å². The fraction of sp³-hybridized carbons (Fsp3) is 0.292. The lowest BCUT2D eigenvalue weighted by atomic mass is 10.0. The number of nitrogen functional groups attached to an aromatic ring is 1. The van der Waals surface area contributed by atoms with E-state index >= 15 is 0 Å². The first kappa shape index (κ1) is 20.0. The SMILES string of the molecule is Cc1nc2c3ccccc3nn2c(C)c1CCC(=O)N1CCc2c(sc3ncnc(N)c23)C1. The number of aromatic nitrogens is 5. The molecule has 1 aromatic carbocycles. The third-order valence-electron chi connectivity index (χ3n) is 6.63. The molecule has 0 radical (unpaired) electrons. The van der Waals surface area contributed by atoms with Gasteiger partial charge in [0.2, 0.25) is 5.91 Å². The van der Waals surface area contributed by atoms with Crippen molar-refractivity contribution in [3.63, 3.8) is 0 Å². The molecule has 4 aromatic heterocycles. The molecule has 0 aliphatic carbocycles. The molecule has 166 valence electrons. The molecule has 33 heavy (non-hydrogen) atoms. The highest BCUT2D eigenvalue weighted by atomic mass is 32.1. The van der Waals surface area contributed by atoms with Gasteiger partial charge in [0.15, 0.2) is 5.65 Å². The summed E-state index contributed by atoms with van der Waals surface area (Å²) in [6.07, 6.45) is 3.37. The van der Waals surface area contributed by atoms with E-state index in [4.69, 9.17) is 15.8 Å². The summed E-state index contributed by atoms with van der Waals surface area (Å²) in [6, 6.07) is 8.03. The summed E-state index contributed by atoms with van der Waals surface area (Å²) in [5, 5.41) is 6.73. The van der Waals surface area contributed by atoms with Gasteiger partial charge in [-0.3, -0.25) is 4.79 Å². The monoisotopic (exact) mass is 457 g/mol. The van der Waals surface area contributed by atoms with E-state index in [1.54, 1.807) is 11.3 Å². The number of anilines is 1. The number of hydrogen-bond donors (Lipinski definition) is 1. The number of carbonyl (C=O) groups excluding carboxylic acids is 1. The molecule has 5 aromatic rings. The molecule has 1 aliphatic rings. The second-order valence-corrected chi connectivity index (χ2v) is 9.61. The summed E-state index contributed by atoms with van der Waals surface area (Å²) >= 11 is 1.61. The molecule has 2 N–H and O–H groups in total. The van der Waals surface area contributed by atoms with Gasteiger partial charge in [-0.05, 0) is 49.9 Å². The number of thiophene rings is 1. The van der Waals surface area contributed by atoms with Gasteiger partial charge < -0.3 is 10.6 Å². The number of nitrogens with zero attached hydrogens (tertiary/aromatic N) is 6. The third kappa shape index (κ3) is 3.14. The summed E-state index contributed by atoms with van der Waals surface area (Å²) < 4.78 is 1.91. The Kier molecular flexibility index (Phi) is 4.55. The number of carbonyl (C=O) groups is 1. The smallest absolute Gasteiger partial charge is 0.223 e. The van der Waals surface area contributed by atoms with Gasteiger partial charge in [0.1, 0.15) is 17.0 Å². The molecule has 0 atom stereocenters. The normalized spacial score (nSPS) is 13.8. The van der Waals surface area contributed by atoms with E-state index in [2.05, 4.69) is 16.9 Å². The largest absolute Gasteiger partial charge is 0.383 e. The molecular formula is C24H23N7OS. The summed E-state index contributed by atoms with van der Waals surface area (Å²) in [5.41, 5.74) is 12.2. The Morgan fingerprint density at radius 2 is 2.06 bits per heavy atom. The first-order valence-corrected chi connectivity index (χ1v) is 11.8. The molecule has 0 fully saturated rings. The van der Waals surface area contributed by atoms with Crippen LogP contribution in [0.2, 0.25) is 0 Å². The van der Waals surface area contributed by atoms with Crippen molar-refractivity contribution in [1.29, 1.82) is 0 Å². The lowest BCUT2D eigenvalue weighted by molar-refractivity contribution is -0.132. The number of fused-ring (bicyclic) bond motifs is 6. The van der Waals surface area contributed by atoms with Gasteiger partial charge in [0, 0.05) is 34.6 Å². The maximum atomic E-state index is 13.1. The molecule has 0 bridgehead atoms. The highest BCUT2D eigenvalue weighted by Crippen LogP contribution is 2.36. The van der Waals surface area contributed by atoms with Crippen molar-refractivity contribution in [2.45, 2.75) is 39.7 Å². The number of amides is 1. The van der Waals surface area contributed by atoms with Crippen LogP contribution in [-0.2, 0) is 24.2 Å². The molecule has 1 amide bonds. The van der Waals surface area contributed by atoms with E-state index in [0.717, 1.165) is 55.0 Å². The van der Waals surface area contributed by atoms with Crippen molar-refractivity contribution >= 4 is 49.8 Å². The van der Waals surface area contributed by atoms with E-state index in [-0.39, 0.29) is 5.91 Å². The first-order chi connectivity index (χ1) is 16.0. The molecule has 1 aliphatic heterocycles. The topological polar surface area (TPSA) is 102 Å². The maximum absolute atomic E-state index is 13.1. The zero-order valence-electron chi connectivity index (χ0n) is 18.5. The predicted octanol–water partition coefficient (Wildman–Crippen LogP) is 3.60. The molecule has 0 saturated heterocycles. The minimum absolute atomic E-state index is 0.154. The van der Waals surface area contributed by atoms with Crippen LogP contribution in [0.25, 0.3) is 26.8 Å². The lowest BCUT2D eigenvalue weighted by Crippen LogP contribution is -2.35. The lowest BCUT2D eigenvalue weighted by Gasteiger charge is -2.27. The standard InChI is InChI=1S/C24H23N7OS/c1-13-15(14(2)31-23(28-13)16-5-3-4-6-18(16)29-31)7-8-20(32)30-10-9-17-19(11-30)33-24-21(17)22(25)26-12-27-24/h3-6,12H,7-11H2,1-2H3,(H2,25,26,27). The van der Waals surface area contributed by atoms with Crippen LogP contribution in [0.5, 0.6) is 0 Å². The number of benzene rings is 1. The Morgan fingerprint density at radius 3 is 2.94 bits per heavy atom. The highest BCUT2D eigenvalue weighted by molar-refractivity contribution is 7.19. The minimum Gasteiger partial charge on any atom is -0.383 e. The van der Waals surface area contributed by atoms with Crippen LogP contribution in [0.1, 0.15) is 33.8 Å². The van der Waals surface area contributed by atoms with E-state index < -0.39 is 0 Å². The highest BCUT2D eigenvalue weighted by Gasteiger charge is 2.26. The summed E-state index contributed by atoms with van der Waals surface area (Å²) in [5.74, 6) is 0.680. The average molecular weight is 458 g/mol. The number of nitrogens with two attached hydrogens (primary N) is 1. The van der Waals surface area contributed by atoms with E-state index in [1.807, 2.05) is 40.6 Å². The Labute approximate surface area is 194 Å². The Morgan fingerprint density at radius 1 is 1.21 bits per heavy atom. The fourth-order valence-electron chi connectivity index (χ4n) is 4.89. The summed E-state index contributed by atoms with van der Waals surface area (Å²) in [7, 11) is 0. The molecule has 6 rings (SSSR count). The second kappa shape index (κ2) is 7.48. The second-order valence-electron chi connectivity index (χ2n) is 8.52. The minimum atomic E-state index is 0.154. The van der Waals surface area contributed by atoms with Gasteiger partial charge in [0.05, 0.1) is 17.4 Å². The molecule has 8 nitrogen and oxygen atoms in total. The Hall–Kier alpha value is -3.59. The predicted molar refractivity (Wildman–Crippen MR) is 129 cm³/mol. The number of rotatable bonds is 3. The first-order valence-electron chi connectivity index (χ1n) is 11.0. The molecule has 0 spiro atoms. The van der Waals surface area contributed by atoms with Gasteiger partial charge in [-0.2, -0.15) is 5.10 Å². The fourth-order valence-corrected chi connectivity index (χ4v) is 6.10. The molecule has 5 heterocycles. The zero-order chi connectivity index (χ0) is 22.7. The molecular weight excluding hydrogens is 434 g/mol. The molecule has 0 unspecified atom stereocenters. The average Bonchev–Trinajstić information content (AvgIpc) is 3.37. The van der Waals surface area contributed by atoms with Gasteiger partial charge in [-0.15, -0.1) is 11.3 Å². The van der Waals surface area contributed by atoms with Crippen molar-refractivity contribution in [3.8, 4) is 0 Å². The van der Waals surface area contributed by atoms with Crippen molar-refractivity contribution < 1.29 is 4.79 Å². The van der Waals surface area contributed by atoms with Gasteiger partial charge in [-0.25, -0.2) is 19.5 Å². The molecule has 9 heteroatoms. The zero-order valence-corrected chi connectivity index (χ0v) is 19.3. The van der Waals surface area contributed by atoms with Crippen LogP contribution in [0.4, 0.5) is 5.82 Å². The van der Waals surface area contributed by atoms with Crippen LogP contribution in [-0.4, -0.2) is 41.9 Å². The van der Waals surface area contributed by atoms with E-state index in [0.29, 0.717) is 31.7 Å². The Bertz CT molecular complexity index is 1570. The summed E-state index contributed by atoms with van der Waals surface area (Å²) in [4.78, 5) is 30.5. The van der Waals surface area contributed by atoms with Crippen LogP contribution in [0.3, 0.4) is 0 Å².